The van der Waals surface area contributed by atoms with Gasteiger partial charge in [-0.15, -0.1) is 11.8 Å². The molecule has 7 heteroatoms. The van der Waals surface area contributed by atoms with Crippen LogP contribution in [0.5, 0.6) is 0 Å². The van der Waals surface area contributed by atoms with Crippen LogP contribution in [-0.4, -0.2) is 38.5 Å². The van der Waals surface area contributed by atoms with Crippen molar-refractivity contribution in [3.8, 4) is 0 Å². The molecule has 1 saturated heterocycles. The second-order valence-corrected chi connectivity index (χ2v) is 6.19. The third-order valence-corrected chi connectivity index (χ3v) is 4.91. The third kappa shape index (κ3) is 1.74. The molecule has 0 spiro atoms. The van der Waals surface area contributed by atoms with Gasteiger partial charge in [0.2, 0.25) is 17.3 Å². The maximum atomic E-state index is 11.9. The molecule has 0 bridgehead atoms. The Morgan fingerprint density at radius 2 is 2.05 bits per heavy atom. The number of aromatic nitrogens is 1. The van der Waals surface area contributed by atoms with E-state index in [1.54, 1.807) is 17.0 Å². The summed E-state index contributed by atoms with van der Waals surface area (Å²) in [7, 11) is 0. The molecular formula is C13H14N3O3S+. The lowest BCUT2D eigenvalue weighted by molar-refractivity contribution is -0.583. The first-order valence-corrected chi connectivity index (χ1v) is 7.15. The number of carboxylic acid groups (broad SMARTS) is 1. The van der Waals surface area contributed by atoms with E-state index in [2.05, 4.69) is 0 Å². The number of thioether (sulfide) groups is 1. The van der Waals surface area contributed by atoms with Crippen molar-refractivity contribution >= 4 is 29.3 Å². The van der Waals surface area contributed by atoms with Gasteiger partial charge in [0.25, 0.3) is 0 Å². The summed E-state index contributed by atoms with van der Waals surface area (Å²) in [5.74, 6) is -1.44. The van der Waals surface area contributed by atoms with Crippen LogP contribution in [0.4, 0.5) is 0 Å². The first-order chi connectivity index (χ1) is 9.52. The molecule has 0 aliphatic carbocycles. The van der Waals surface area contributed by atoms with Crippen molar-refractivity contribution in [1.82, 2.24) is 4.90 Å². The van der Waals surface area contributed by atoms with Gasteiger partial charge in [-0.25, -0.2) is 4.79 Å². The Morgan fingerprint density at radius 3 is 2.65 bits per heavy atom. The van der Waals surface area contributed by atoms with Crippen molar-refractivity contribution in [2.75, 3.05) is 0 Å². The van der Waals surface area contributed by atoms with Gasteiger partial charge in [-0.1, -0.05) is 6.07 Å². The van der Waals surface area contributed by atoms with E-state index in [4.69, 9.17) is 5.73 Å². The van der Waals surface area contributed by atoms with Gasteiger partial charge < -0.3 is 10.8 Å². The fourth-order valence-corrected chi connectivity index (χ4v) is 3.96. The molecule has 0 saturated carbocycles. The van der Waals surface area contributed by atoms with Gasteiger partial charge >= 0.3 is 5.97 Å². The van der Waals surface area contributed by atoms with E-state index in [1.165, 1.54) is 16.7 Å². The number of pyridine rings is 1. The fraction of sp³-hybridized carbons (Fsp3) is 0.308. The van der Waals surface area contributed by atoms with E-state index in [0.717, 1.165) is 0 Å². The lowest BCUT2D eigenvalue weighted by Crippen LogP contribution is -2.69. The fourth-order valence-electron chi connectivity index (χ4n) is 2.56. The average molecular weight is 292 g/mol. The molecule has 0 aromatic carbocycles. The highest BCUT2D eigenvalue weighted by Crippen LogP contribution is 2.43. The number of carbonyl (C=O) groups is 2. The molecule has 1 aromatic rings. The number of carboxylic acids is 1. The first-order valence-electron chi connectivity index (χ1n) is 6.20. The Morgan fingerprint density at radius 1 is 1.40 bits per heavy atom. The minimum Gasteiger partial charge on any atom is -0.476 e. The zero-order valence-electron chi connectivity index (χ0n) is 10.8. The molecule has 3 N–H and O–H groups in total. The van der Waals surface area contributed by atoms with E-state index in [1.807, 2.05) is 25.1 Å². The molecule has 6 nitrogen and oxygen atoms in total. The molecule has 1 fully saturated rings. The number of nitrogens with zero attached hydrogens (tertiary/aromatic N) is 2. The van der Waals surface area contributed by atoms with Gasteiger partial charge in [-0.3, -0.25) is 9.69 Å². The molecule has 3 atom stereocenters. The highest BCUT2D eigenvalue weighted by molar-refractivity contribution is 8.01. The number of rotatable bonds is 2. The second kappa shape index (κ2) is 4.60. The Labute approximate surface area is 119 Å². The standard InChI is InChI=1S/C13H13N3O3S/c1-7-9(15-5-3-2-4-6-15)10(13(18)19)16-11(17)8(14)12(16)20-7/h2-8,12H,14H2,1H3/p+1/t7?,8-,12-/m1/s1. The maximum absolute atomic E-state index is 11.9. The Hall–Kier alpha value is -1.86. The molecule has 0 radical (unpaired) electrons. The monoisotopic (exact) mass is 292 g/mol. The molecule has 2 aliphatic heterocycles. The maximum Gasteiger partial charge on any atom is 0.359 e. The number of hydrogen-bond donors (Lipinski definition) is 2. The number of carbonyl (C=O) groups excluding carboxylic acids is 1. The zero-order valence-corrected chi connectivity index (χ0v) is 11.6. The van der Waals surface area contributed by atoms with Crippen LogP contribution in [0.1, 0.15) is 6.92 Å². The van der Waals surface area contributed by atoms with Crippen molar-refractivity contribution in [3.63, 3.8) is 0 Å². The Balaban J connectivity index is 2.16. The lowest BCUT2D eigenvalue weighted by Gasteiger charge is -2.47. The summed E-state index contributed by atoms with van der Waals surface area (Å²) >= 11 is 1.51. The normalized spacial score (nSPS) is 29.0. The molecule has 3 heterocycles. The van der Waals surface area contributed by atoms with Gasteiger partial charge in [-0.2, -0.15) is 4.57 Å². The topological polar surface area (TPSA) is 87.5 Å². The molecule has 3 rings (SSSR count). The van der Waals surface area contributed by atoms with E-state index >= 15 is 0 Å². The van der Waals surface area contributed by atoms with Crippen molar-refractivity contribution in [1.29, 1.82) is 0 Å². The second-order valence-electron chi connectivity index (χ2n) is 4.72. The molecule has 104 valence electrons. The van der Waals surface area contributed by atoms with Crippen LogP contribution < -0.4 is 10.3 Å². The minimum atomic E-state index is -1.10. The van der Waals surface area contributed by atoms with Crippen molar-refractivity contribution in [2.45, 2.75) is 23.6 Å². The van der Waals surface area contributed by atoms with Gasteiger partial charge in [0, 0.05) is 12.1 Å². The van der Waals surface area contributed by atoms with Crippen LogP contribution in [0.25, 0.3) is 5.70 Å². The van der Waals surface area contributed by atoms with E-state index in [9.17, 15) is 14.7 Å². The van der Waals surface area contributed by atoms with E-state index in [0.29, 0.717) is 5.70 Å². The largest absolute Gasteiger partial charge is 0.476 e. The lowest BCUT2D eigenvalue weighted by atomic mass is 10.0. The number of amides is 1. The molecular weight excluding hydrogens is 278 g/mol. The van der Waals surface area contributed by atoms with Crippen LogP contribution in [0.2, 0.25) is 0 Å². The van der Waals surface area contributed by atoms with Crippen LogP contribution in [-0.2, 0) is 9.59 Å². The molecule has 20 heavy (non-hydrogen) atoms. The van der Waals surface area contributed by atoms with E-state index < -0.39 is 12.0 Å². The number of nitrogens with two attached hydrogens (primary N) is 1. The number of hydrogen-bond acceptors (Lipinski definition) is 4. The summed E-state index contributed by atoms with van der Waals surface area (Å²) in [6.45, 7) is 1.93. The molecule has 2 aliphatic rings. The first kappa shape index (κ1) is 13.1. The van der Waals surface area contributed by atoms with Gasteiger partial charge in [0.1, 0.15) is 11.4 Å². The minimum absolute atomic E-state index is 0.0316. The summed E-state index contributed by atoms with van der Waals surface area (Å²) in [5, 5.41) is 9.16. The van der Waals surface area contributed by atoms with Crippen molar-refractivity contribution in [3.05, 3.63) is 36.3 Å². The van der Waals surface area contributed by atoms with Crippen LogP contribution >= 0.6 is 11.8 Å². The highest BCUT2D eigenvalue weighted by Gasteiger charge is 2.55. The number of β-lactam (4-membered cyclic amide) rings is 1. The Kier molecular flexibility index (Phi) is 3.02. The smallest absolute Gasteiger partial charge is 0.359 e. The zero-order chi connectivity index (χ0) is 14.4. The van der Waals surface area contributed by atoms with Crippen LogP contribution in [0.3, 0.4) is 0 Å². The van der Waals surface area contributed by atoms with Crippen molar-refractivity contribution < 1.29 is 19.3 Å². The SMILES string of the molecule is CC1S[C@@H]2[C@H](N)C(=O)N2C(C(=O)O)=C1[n+]1ccccc1. The van der Waals surface area contributed by atoms with Gasteiger partial charge in [0.05, 0.1) is 5.25 Å². The molecule has 1 unspecified atom stereocenters. The highest BCUT2D eigenvalue weighted by atomic mass is 32.2. The summed E-state index contributed by atoms with van der Waals surface area (Å²) in [6.07, 6.45) is 3.56. The number of aliphatic carboxylic acids is 1. The molecule has 1 aromatic heterocycles. The summed E-state index contributed by atoms with van der Waals surface area (Å²) in [5.41, 5.74) is 6.38. The predicted octanol–water partition coefficient (Wildman–Crippen LogP) is -0.142. The predicted molar refractivity (Wildman–Crippen MR) is 73.2 cm³/mol. The average Bonchev–Trinajstić information content (AvgIpc) is 2.46. The van der Waals surface area contributed by atoms with E-state index in [-0.39, 0.29) is 22.2 Å². The quantitative estimate of drug-likeness (QED) is 0.585. The summed E-state index contributed by atoms with van der Waals surface area (Å²) < 4.78 is 1.74. The van der Waals surface area contributed by atoms with Gasteiger partial charge in [-0.05, 0) is 6.92 Å². The van der Waals surface area contributed by atoms with Crippen molar-refractivity contribution in [2.24, 2.45) is 5.73 Å². The van der Waals surface area contributed by atoms with Gasteiger partial charge in [0.15, 0.2) is 12.4 Å². The summed E-state index contributed by atoms with van der Waals surface area (Å²) in [6, 6.07) is 4.88. The van der Waals surface area contributed by atoms with Crippen LogP contribution in [0, 0.1) is 0 Å². The van der Waals surface area contributed by atoms with Crippen LogP contribution in [0.15, 0.2) is 36.3 Å². The third-order valence-electron chi connectivity index (χ3n) is 3.49. The molecule has 1 amide bonds. The number of fused-ring (bicyclic) bond motifs is 1. The summed E-state index contributed by atoms with van der Waals surface area (Å²) in [4.78, 5) is 24.8. The Bertz CT molecular complexity index is 617.